The molecule has 10 N–H and O–H groups in total. The number of carboxylic acid groups (broad SMARTS) is 1. The zero-order chi connectivity index (χ0) is 31.9. The maximum absolute atomic E-state index is 10.7. The van der Waals surface area contributed by atoms with Crippen LogP contribution in [0.25, 0.3) is 0 Å². The summed E-state index contributed by atoms with van der Waals surface area (Å²) in [5, 5.41) is 98.6. The molecule has 15 nitrogen and oxygen atoms in total. The highest BCUT2D eigenvalue weighted by Crippen LogP contribution is 2.29. The van der Waals surface area contributed by atoms with Crippen molar-refractivity contribution in [2.45, 2.75) is 151 Å². The monoisotopic (exact) mass is 628 g/mol. The van der Waals surface area contributed by atoms with Crippen molar-refractivity contribution in [1.82, 2.24) is 0 Å². The number of aliphatic carboxylic acids is 1. The summed E-state index contributed by atoms with van der Waals surface area (Å²) in [6.07, 6.45) is -7.05. The predicted molar refractivity (Wildman–Crippen MR) is 147 cm³/mol. The Balaban J connectivity index is 1.61. The van der Waals surface area contributed by atoms with Crippen LogP contribution in [0.1, 0.15) is 77.0 Å². The molecule has 0 radical (unpaired) electrons. The highest BCUT2D eigenvalue weighted by Gasteiger charge is 2.50. The zero-order valence-electron chi connectivity index (χ0n) is 24.5. The van der Waals surface area contributed by atoms with Gasteiger partial charge in [-0.05, 0) is 12.8 Å². The Labute approximate surface area is 251 Å². The van der Waals surface area contributed by atoms with Crippen LogP contribution in [0.15, 0.2) is 0 Å². The first-order valence-corrected chi connectivity index (χ1v) is 15.3. The van der Waals surface area contributed by atoms with E-state index in [0.717, 1.165) is 57.8 Å². The molecule has 15 heteroatoms. The molecule has 0 spiro atoms. The van der Waals surface area contributed by atoms with Gasteiger partial charge in [-0.3, -0.25) is 0 Å². The molecule has 2 aliphatic heterocycles. The molecular formula is C28H52O15. The Hall–Kier alpha value is -1.05. The average Bonchev–Trinajstić information content (AvgIpc) is 2.99. The van der Waals surface area contributed by atoms with Crippen molar-refractivity contribution in [3.05, 3.63) is 0 Å². The van der Waals surface area contributed by atoms with Crippen LogP contribution in [0, 0.1) is 0 Å². The standard InChI is InChI=1S/C28H52O15/c29-13-18-20(33)21(34)23(36)28(41-18)43-25-19(14-30)42-27(24(37)22(25)35)40-15-16(31)11-9-7-5-3-1-2-4-6-8-10-12-17(32)26(38)39/h16-25,27-37H,1-15H2,(H,38,39)/t16?,17?,18-,19-,20-,21+,22-,23-,24-,25-,27-,28+/m1/s1. The van der Waals surface area contributed by atoms with Gasteiger partial charge >= 0.3 is 5.97 Å². The fourth-order valence-corrected chi connectivity index (χ4v) is 5.24. The highest BCUT2D eigenvalue weighted by molar-refractivity contribution is 5.71. The number of carbonyl (C=O) groups is 1. The van der Waals surface area contributed by atoms with Crippen molar-refractivity contribution < 1.29 is 74.8 Å². The number of unbranched alkanes of at least 4 members (excludes halogenated alkanes) is 9. The minimum absolute atomic E-state index is 0.186. The van der Waals surface area contributed by atoms with E-state index in [0.29, 0.717) is 12.8 Å². The van der Waals surface area contributed by atoms with Gasteiger partial charge in [0.1, 0.15) is 48.8 Å². The van der Waals surface area contributed by atoms with Crippen molar-refractivity contribution in [3.63, 3.8) is 0 Å². The smallest absolute Gasteiger partial charge is 0.332 e. The Morgan fingerprint density at radius 2 is 1.12 bits per heavy atom. The van der Waals surface area contributed by atoms with E-state index in [1.807, 2.05) is 0 Å². The summed E-state index contributed by atoms with van der Waals surface area (Å²) in [6, 6.07) is 0. The van der Waals surface area contributed by atoms with Crippen LogP contribution >= 0.6 is 0 Å². The Kier molecular flexibility index (Phi) is 17.9. The van der Waals surface area contributed by atoms with Crippen LogP contribution in [0.2, 0.25) is 0 Å². The summed E-state index contributed by atoms with van der Waals surface area (Å²) in [7, 11) is 0. The van der Waals surface area contributed by atoms with Crippen molar-refractivity contribution in [3.8, 4) is 0 Å². The average molecular weight is 629 g/mol. The first-order valence-electron chi connectivity index (χ1n) is 15.3. The molecule has 0 aromatic heterocycles. The Morgan fingerprint density at radius 3 is 1.65 bits per heavy atom. The lowest BCUT2D eigenvalue weighted by Crippen LogP contribution is -2.64. The van der Waals surface area contributed by atoms with Crippen molar-refractivity contribution in [1.29, 1.82) is 0 Å². The summed E-state index contributed by atoms with van der Waals surface area (Å²) in [6.45, 7) is -1.55. The third-order valence-electron chi connectivity index (χ3n) is 7.96. The summed E-state index contributed by atoms with van der Waals surface area (Å²) < 4.78 is 21.8. The summed E-state index contributed by atoms with van der Waals surface area (Å²) in [5.41, 5.74) is 0. The molecule has 0 aliphatic carbocycles. The summed E-state index contributed by atoms with van der Waals surface area (Å²) in [5.74, 6) is -1.17. The minimum Gasteiger partial charge on any atom is -0.479 e. The molecule has 2 aliphatic rings. The van der Waals surface area contributed by atoms with Crippen LogP contribution < -0.4 is 0 Å². The molecule has 43 heavy (non-hydrogen) atoms. The topological polar surface area (TPSA) is 256 Å². The van der Waals surface area contributed by atoms with Gasteiger partial charge in [-0.15, -0.1) is 0 Å². The fourth-order valence-electron chi connectivity index (χ4n) is 5.24. The molecule has 2 unspecified atom stereocenters. The molecular weight excluding hydrogens is 576 g/mol. The third kappa shape index (κ3) is 12.3. The van der Waals surface area contributed by atoms with Crippen molar-refractivity contribution in [2.24, 2.45) is 0 Å². The van der Waals surface area contributed by atoms with Gasteiger partial charge in [0.15, 0.2) is 18.7 Å². The molecule has 0 amide bonds. The van der Waals surface area contributed by atoms with E-state index in [4.69, 9.17) is 24.1 Å². The highest BCUT2D eigenvalue weighted by atomic mass is 16.7. The van der Waals surface area contributed by atoms with E-state index in [9.17, 15) is 50.8 Å². The molecule has 2 saturated heterocycles. The normalized spacial score (nSPS) is 34.6. The van der Waals surface area contributed by atoms with Crippen LogP contribution in [-0.4, -0.2) is 150 Å². The summed E-state index contributed by atoms with van der Waals surface area (Å²) >= 11 is 0. The molecule has 0 aromatic rings. The second-order valence-electron chi connectivity index (χ2n) is 11.5. The number of ether oxygens (including phenoxy) is 4. The molecule has 2 heterocycles. The van der Waals surface area contributed by atoms with Gasteiger partial charge in [0, 0.05) is 0 Å². The van der Waals surface area contributed by atoms with E-state index in [2.05, 4.69) is 0 Å². The maximum atomic E-state index is 10.7. The van der Waals surface area contributed by atoms with E-state index in [1.54, 1.807) is 0 Å². The zero-order valence-corrected chi connectivity index (χ0v) is 24.5. The number of carboxylic acids is 1. The number of rotatable bonds is 21. The van der Waals surface area contributed by atoms with Gasteiger partial charge in [-0.2, -0.15) is 0 Å². The lowest BCUT2D eigenvalue weighted by molar-refractivity contribution is -0.360. The summed E-state index contributed by atoms with van der Waals surface area (Å²) in [4.78, 5) is 10.6. The fraction of sp³-hybridized carbons (Fsp3) is 0.964. The second-order valence-corrected chi connectivity index (χ2v) is 11.5. The molecule has 0 aromatic carbocycles. The van der Waals surface area contributed by atoms with E-state index < -0.39 is 92.8 Å². The molecule has 12 atom stereocenters. The molecule has 254 valence electrons. The van der Waals surface area contributed by atoms with Crippen molar-refractivity contribution in [2.75, 3.05) is 19.8 Å². The number of hydrogen-bond acceptors (Lipinski definition) is 14. The van der Waals surface area contributed by atoms with Crippen LogP contribution in [-0.2, 0) is 23.7 Å². The van der Waals surface area contributed by atoms with Crippen LogP contribution in [0.4, 0.5) is 0 Å². The Bertz CT molecular complexity index is 756. The lowest BCUT2D eigenvalue weighted by Gasteiger charge is -2.46. The molecule has 0 saturated carbocycles. The number of aliphatic hydroxyl groups excluding tert-OH is 9. The number of hydrogen-bond donors (Lipinski definition) is 10. The van der Waals surface area contributed by atoms with Crippen LogP contribution in [0.5, 0.6) is 0 Å². The minimum atomic E-state index is -1.75. The van der Waals surface area contributed by atoms with Gasteiger partial charge in [0.05, 0.1) is 25.9 Å². The third-order valence-corrected chi connectivity index (χ3v) is 7.96. The molecule has 2 rings (SSSR count). The van der Waals surface area contributed by atoms with Gasteiger partial charge in [-0.1, -0.05) is 64.2 Å². The van der Waals surface area contributed by atoms with Gasteiger partial charge in [0.2, 0.25) is 0 Å². The van der Waals surface area contributed by atoms with Gasteiger partial charge in [0.25, 0.3) is 0 Å². The van der Waals surface area contributed by atoms with E-state index in [-0.39, 0.29) is 13.0 Å². The lowest BCUT2D eigenvalue weighted by atomic mass is 9.97. The quantitative estimate of drug-likeness (QED) is 0.0624. The number of aliphatic hydroxyl groups is 9. The van der Waals surface area contributed by atoms with E-state index in [1.165, 1.54) is 0 Å². The Morgan fingerprint density at radius 1 is 0.628 bits per heavy atom. The van der Waals surface area contributed by atoms with Crippen molar-refractivity contribution >= 4 is 5.97 Å². The predicted octanol–water partition coefficient (Wildman–Crippen LogP) is -1.89. The van der Waals surface area contributed by atoms with Gasteiger partial charge in [-0.25, -0.2) is 4.79 Å². The molecule has 0 bridgehead atoms. The van der Waals surface area contributed by atoms with Gasteiger partial charge < -0.3 is 70.0 Å². The van der Waals surface area contributed by atoms with E-state index >= 15 is 0 Å². The first-order chi connectivity index (χ1) is 20.5. The SMILES string of the molecule is O=C(O)C(O)CCCCCCCCCCCCC(O)CO[C@@H]1O[C@H](CO)[C@@H](O[C@@H]2O[C@H](CO)[C@@H](O)[C@H](O)[C@H]2O)[C@H](O)[C@H]1O. The second kappa shape index (κ2) is 20.2. The van der Waals surface area contributed by atoms with Crippen LogP contribution in [0.3, 0.4) is 0 Å². The largest absolute Gasteiger partial charge is 0.479 e. The maximum Gasteiger partial charge on any atom is 0.332 e. The molecule has 2 fully saturated rings. The first kappa shape index (κ1) is 38.1.